The molecule has 2 fully saturated rings. The molecule has 5 aromatic carbocycles. The summed E-state index contributed by atoms with van der Waals surface area (Å²) in [6, 6.07) is 43.8. The standard InChI is InChI=1S/C40H27NO5/c42-35-33-34(36(43)41(35)30-23-13-18-27(24-30)37(44)45)40(29-21-11-4-12-22-29)32(26-16-7-2-8-17-26)31(25-14-5-1-6-15-25)39(33,38(40)46)28-19-9-3-10-20-28/h1-24,33-34H,(H,44,45)/t33-,34-,39-,40+/m1/s1. The Morgan fingerprint density at radius 3 is 1.37 bits per heavy atom. The van der Waals surface area contributed by atoms with E-state index in [2.05, 4.69) is 0 Å². The summed E-state index contributed by atoms with van der Waals surface area (Å²) in [7, 11) is 0. The molecule has 2 bridgehead atoms. The van der Waals surface area contributed by atoms with Crippen LogP contribution >= 0.6 is 0 Å². The highest BCUT2D eigenvalue weighted by atomic mass is 16.4. The van der Waals surface area contributed by atoms with Gasteiger partial charge in [0, 0.05) is 0 Å². The summed E-state index contributed by atoms with van der Waals surface area (Å²) in [6.07, 6.45) is 0. The fraction of sp³-hybridized carbons (Fsp3) is 0.100. The van der Waals surface area contributed by atoms with Gasteiger partial charge in [-0.1, -0.05) is 127 Å². The fourth-order valence-electron chi connectivity index (χ4n) is 8.37. The Kier molecular flexibility index (Phi) is 6.06. The van der Waals surface area contributed by atoms with E-state index in [1.54, 1.807) is 6.07 Å². The van der Waals surface area contributed by atoms with Gasteiger partial charge in [0.15, 0.2) is 5.78 Å². The lowest BCUT2D eigenvalue weighted by molar-refractivity contribution is -0.130. The molecule has 1 saturated heterocycles. The lowest BCUT2D eigenvalue weighted by atomic mass is 9.59. The van der Waals surface area contributed by atoms with Gasteiger partial charge in [-0.05, 0) is 51.6 Å². The van der Waals surface area contributed by atoms with E-state index in [1.165, 1.54) is 18.2 Å². The molecule has 0 aromatic heterocycles. The maximum atomic E-state index is 15.8. The van der Waals surface area contributed by atoms with E-state index in [4.69, 9.17) is 0 Å². The van der Waals surface area contributed by atoms with Gasteiger partial charge in [-0.2, -0.15) is 0 Å². The fourth-order valence-corrected chi connectivity index (χ4v) is 8.37. The maximum Gasteiger partial charge on any atom is 0.335 e. The zero-order valence-corrected chi connectivity index (χ0v) is 24.5. The first-order valence-electron chi connectivity index (χ1n) is 15.2. The zero-order chi connectivity index (χ0) is 31.6. The van der Waals surface area contributed by atoms with Crippen molar-refractivity contribution in [2.45, 2.75) is 10.8 Å². The van der Waals surface area contributed by atoms with Gasteiger partial charge in [0.05, 0.1) is 33.9 Å². The molecule has 2 aliphatic carbocycles. The molecule has 1 aliphatic heterocycles. The topological polar surface area (TPSA) is 91.8 Å². The minimum absolute atomic E-state index is 0.0437. The predicted molar refractivity (Wildman–Crippen MR) is 174 cm³/mol. The summed E-state index contributed by atoms with van der Waals surface area (Å²) in [5, 5.41) is 9.74. The molecule has 0 radical (unpaired) electrons. The van der Waals surface area contributed by atoms with Crippen LogP contribution in [0.2, 0.25) is 0 Å². The first kappa shape index (κ1) is 27.7. The van der Waals surface area contributed by atoms with Crippen LogP contribution < -0.4 is 4.90 Å². The number of ketones is 1. The second-order valence-electron chi connectivity index (χ2n) is 12.0. The number of anilines is 1. The van der Waals surface area contributed by atoms with Crippen molar-refractivity contribution in [2.24, 2.45) is 11.8 Å². The van der Waals surface area contributed by atoms with Crippen LogP contribution in [0.4, 0.5) is 5.69 Å². The van der Waals surface area contributed by atoms with Crippen molar-refractivity contribution in [3.05, 3.63) is 173 Å². The Morgan fingerprint density at radius 1 is 0.543 bits per heavy atom. The van der Waals surface area contributed by atoms with Gasteiger partial charge in [-0.15, -0.1) is 0 Å². The Bertz CT molecular complexity index is 1970. The quantitative estimate of drug-likeness (QED) is 0.222. The smallest absolute Gasteiger partial charge is 0.335 e. The van der Waals surface area contributed by atoms with Gasteiger partial charge in [0.1, 0.15) is 0 Å². The van der Waals surface area contributed by atoms with Crippen LogP contribution in [0.15, 0.2) is 146 Å². The Hall–Kier alpha value is -5.88. The first-order valence-corrected chi connectivity index (χ1v) is 15.2. The van der Waals surface area contributed by atoms with Crippen LogP contribution in [0.3, 0.4) is 0 Å². The minimum atomic E-state index is -1.51. The van der Waals surface area contributed by atoms with E-state index in [1.807, 2.05) is 121 Å². The van der Waals surface area contributed by atoms with E-state index in [0.29, 0.717) is 22.3 Å². The number of carbonyl (C=O) groups excluding carboxylic acids is 3. The van der Waals surface area contributed by atoms with Crippen LogP contribution in [0.5, 0.6) is 0 Å². The third-order valence-electron chi connectivity index (χ3n) is 9.93. The minimum Gasteiger partial charge on any atom is -0.478 e. The van der Waals surface area contributed by atoms with Gasteiger partial charge in [-0.3, -0.25) is 14.4 Å². The van der Waals surface area contributed by atoms with Crippen LogP contribution in [-0.2, 0) is 25.2 Å². The lowest BCUT2D eigenvalue weighted by Crippen LogP contribution is -2.45. The second-order valence-corrected chi connectivity index (χ2v) is 12.0. The molecule has 3 aliphatic rings. The highest BCUT2D eigenvalue weighted by Gasteiger charge is 2.82. The van der Waals surface area contributed by atoms with Gasteiger partial charge in [0.2, 0.25) is 11.8 Å². The number of benzene rings is 5. The van der Waals surface area contributed by atoms with Gasteiger partial charge >= 0.3 is 5.97 Å². The lowest BCUT2D eigenvalue weighted by Gasteiger charge is -2.39. The Balaban J connectivity index is 1.53. The molecular weight excluding hydrogens is 574 g/mol. The van der Waals surface area contributed by atoms with Crippen LogP contribution in [-0.4, -0.2) is 28.7 Å². The van der Waals surface area contributed by atoms with Crippen molar-refractivity contribution in [3.63, 3.8) is 0 Å². The normalized spacial score (nSPS) is 24.9. The molecule has 4 atom stereocenters. The average molecular weight is 602 g/mol. The number of rotatable bonds is 6. The summed E-state index contributed by atoms with van der Waals surface area (Å²) in [5.74, 6) is -4.57. The summed E-state index contributed by atoms with van der Waals surface area (Å²) < 4.78 is 0. The summed E-state index contributed by atoms with van der Waals surface area (Å²) in [6.45, 7) is 0. The van der Waals surface area contributed by atoms with Crippen molar-refractivity contribution in [1.82, 2.24) is 0 Å². The molecule has 6 nitrogen and oxygen atoms in total. The van der Waals surface area contributed by atoms with E-state index >= 15 is 4.79 Å². The largest absolute Gasteiger partial charge is 0.478 e. The van der Waals surface area contributed by atoms with E-state index in [9.17, 15) is 19.5 Å². The number of nitrogens with zero attached hydrogens (tertiary/aromatic N) is 1. The molecule has 1 N–H and O–H groups in total. The molecule has 8 rings (SSSR count). The van der Waals surface area contributed by atoms with Crippen molar-refractivity contribution >= 4 is 40.4 Å². The van der Waals surface area contributed by atoms with E-state index in [0.717, 1.165) is 16.0 Å². The average Bonchev–Trinajstić information content (AvgIpc) is 3.62. The SMILES string of the molecule is O=C(O)c1cccc(N2C(=O)[C@H]3[C@H](C2=O)[C@]2(c4ccccc4)C(=O)[C@@]3(c3ccccc3)C(c3ccccc3)=C2c2ccccc2)c1. The molecule has 1 heterocycles. The summed E-state index contributed by atoms with van der Waals surface area (Å²) >= 11 is 0. The van der Waals surface area contributed by atoms with Crippen LogP contribution in [0.25, 0.3) is 11.1 Å². The molecule has 1 saturated carbocycles. The molecule has 222 valence electrons. The number of imide groups is 1. The monoisotopic (exact) mass is 601 g/mol. The number of carboxylic acid groups (broad SMARTS) is 1. The maximum absolute atomic E-state index is 15.8. The third-order valence-corrected chi connectivity index (χ3v) is 9.93. The molecule has 0 spiro atoms. The van der Waals surface area contributed by atoms with Crippen molar-refractivity contribution in [2.75, 3.05) is 4.90 Å². The van der Waals surface area contributed by atoms with Crippen molar-refractivity contribution < 1.29 is 24.3 Å². The van der Waals surface area contributed by atoms with Crippen molar-refractivity contribution in [1.29, 1.82) is 0 Å². The highest BCUT2D eigenvalue weighted by Crippen LogP contribution is 2.74. The molecule has 46 heavy (non-hydrogen) atoms. The number of allylic oxidation sites excluding steroid dienone is 2. The number of hydrogen-bond acceptors (Lipinski definition) is 4. The molecule has 0 unspecified atom stereocenters. The summed E-state index contributed by atoms with van der Waals surface area (Å²) in [5.41, 5.74) is 1.39. The summed E-state index contributed by atoms with van der Waals surface area (Å²) in [4.78, 5) is 58.8. The van der Waals surface area contributed by atoms with Crippen LogP contribution in [0.1, 0.15) is 32.6 Å². The third kappa shape index (κ3) is 3.41. The number of carboxylic acids is 1. The number of fused-ring (bicyclic) bond motifs is 5. The number of hydrogen-bond donors (Lipinski definition) is 1. The van der Waals surface area contributed by atoms with E-state index in [-0.39, 0.29) is 17.0 Å². The first-order chi connectivity index (χ1) is 22.4. The van der Waals surface area contributed by atoms with E-state index < -0.39 is 40.4 Å². The molecule has 2 amide bonds. The Morgan fingerprint density at radius 2 is 0.957 bits per heavy atom. The predicted octanol–water partition coefficient (Wildman–Crippen LogP) is 6.57. The number of Topliss-reactive ketones (excluding diaryl/α,β-unsaturated/α-hetero) is 1. The molecule has 5 aromatic rings. The highest BCUT2D eigenvalue weighted by molar-refractivity contribution is 6.39. The Labute approximate surface area is 265 Å². The number of carbonyl (C=O) groups is 4. The second kappa shape index (κ2) is 10.1. The van der Waals surface area contributed by atoms with Gasteiger partial charge in [-0.25, -0.2) is 9.69 Å². The van der Waals surface area contributed by atoms with Crippen molar-refractivity contribution in [3.8, 4) is 0 Å². The number of amides is 2. The zero-order valence-electron chi connectivity index (χ0n) is 24.5. The van der Waals surface area contributed by atoms with Gasteiger partial charge < -0.3 is 5.11 Å². The molecule has 6 heteroatoms. The van der Waals surface area contributed by atoms with Gasteiger partial charge in [0.25, 0.3) is 0 Å². The molecular formula is C40H27NO5. The van der Waals surface area contributed by atoms with Crippen LogP contribution in [0, 0.1) is 11.8 Å². The number of aromatic carboxylic acids is 1.